The number of thiazole rings is 1. The first-order chi connectivity index (χ1) is 12.1. The van der Waals surface area contributed by atoms with Crippen LogP contribution in [-0.2, 0) is 16.0 Å². The van der Waals surface area contributed by atoms with Gasteiger partial charge in [-0.2, -0.15) is 0 Å². The highest BCUT2D eigenvalue weighted by molar-refractivity contribution is 7.07. The number of rotatable bonds is 9. The van der Waals surface area contributed by atoms with Gasteiger partial charge in [0.1, 0.15) is 0 Å². The Bertz CT molecular complexity index is 574. The van der Waals surface area contributed by atoms with Gasteiger partial charge in [0.15, 0.2) is 0 Å². The molecule has 2 heterocycles. The molecule has 25 heavy (non-hydrogen) atoms. The van der Waals surface area contributed by atoms with Gasteiger partial charge in [-0.25, -0.2) is 4.98 Å². The van der Waals surface area contributed by atoms with E-state index in [0.717, 1.165) is 37.4 Å². The molecular weight excluding hydrogens is 336 g/mol. The van der Waals surface area contributed by atoms with Crippen molar-refractivity contribution in [2.24, 2.45) is 5.92 Å². The maximum atomic E-state index is 12.3. The zero-order chi connectivity index (χ0) is 17.6. The Balaban J connectivity index is 1.45. The van der Waals surface area contributed by atoms with Crippen LogP contribution in [0.4, 0.5) is 0 Å². The summed E-state index contributed by atoms with van der Waals surface area (Å²) in [6.45, 7) is 3.98. The zero-order valence-corrected chi connectivity index (χ0v) is 15.7. The molecule has 0 unspecified atom stereocenters. The summed E-state index contributed by atoms with van der Waals surface area (Å²) in [7, 11) is 0. The predicted molar refractivity (Wildman–Crippen MR) is 98.4 cm³/mol. The second kappa shape index (κ2) is 8.76. The maximum Gasteiger partial charge on any atom is 0.221 e. The largest absolute Gasteiger partial charge is 0.356 e. The van der Waals surface area contributed by atoms with E-state index < -0.39 is 0 Å². The monoisotopic (exact) mass is 364 g/mol. The van der Waals surface area contributed by atoms with E-state index in [0.29, 0.717) is 31.6 Å². The van der Waals surface area contributed by atoms with E-state index in [1.54, 1.807) is 18.3 Å². The van der Waals surface area contributed by atoms with Crippen LogP contribution >= 0.6 is 11.3 Å². The van der Waals surface area contributed by atoms with Gasteiger partial charge in [0, 0.05) is 56.9 Å². The number of nitrogens with zero attached hydrogens (tertiary/aromatic N) is 2. The minimum Gasteiger partial charge on any atom is -0.356 e. The summed E-state index contributed by atoms with van der Waals surface area (Å²) in [5.74, 6) is 0.934. The van der Waals surface area contributed by atoms with E-state index in [-0.39, 0.29) is 11.8 Å². The lowest BCUT2D eigenvalue weighted by Crippen LogP contribution is -2.45. The average molecular weight is 365 g/mol. The van der Waals surface area contributed by atoms with Crippen LogP contribution in [0.15, 0.2) is 10.9 Å². The molecule has 0 aromatic carbocycles. The third kappa shape index (κ3) is 5.78. The van der Waals surface area contributed by atoms with Crippen molar-refractivity contribution >= 4 is 23.2 Å². The van der Waals surface area contributed by atoms with E-state index in [2.05, 4.69) is 20.5 Å². The Morgan fingerprint density at radius 2 is 2.04 bits per heavy atom. The van der Waals surface area contributed by atoms with Crippen molar-refractivity contribution in [3.05, 3.63) is 16.6 Å². The van der Waals surface area contributed by atoms with E-state index in [1.165, 1.54) is 12.8 Å². The summed E-state index contributed by atoms with van der Waals surface area (Å²) in [6.07, 6.45) is 6.04. The molecule has 7 heteroatoms. The standard InChI is InChI=1S/C18H28N4O2S/c1-13(23)20-9-17-5-4-16(22(17)10-14-2-3-14)8-18(24)19-7-6-15-11-25-12-21-15/h11-12,14,16-17H,2-10H2,1H3,(H,19,24)(H,20,23)/t16-,17+/m0/s1. The van der Waals surface area contributed by atoms with E-state index in [4.69, 9.17) is 0 Å². The van der Waals surface area contributed by atoms with E-state index in [1.807, 2.05) is 10.9 Å². The first-order valence-corrected chi connectivity index (χ1v) is 10.2. The molecule has 0 spiro atoms. The van der Waals surface area contributed by atoms with Gasteiger partial charge in [-0.3, -0.25) is 14.5 Å². The number of carbonyl (C=O) groups is 2. The smallest absolute Gasteiger partial charge is 0.221 e. The number of carbonyl (C=O) groups excluding carboxylic acids is 2. The van der Waals surface area contributed by atoms with Crippen molar-refractivity contribution in [2.75, 3.05) is 19.6 Å². The van der Waals surface area contributed by atoms with Gasteiger partial charge < -0.3 is 10.6 Å². The first-order valence-electron chi connectivity index (χ1n) is 9.25. The maximum absolute atomic E-state index is 12.3. The second-order valence-corrected chi connectivity index (χ2v) is 7.96. The Kier molecular flexibility index (Phi) is 6.42. The highest BCUT2D eigenvalue weighted by Gasteiger charge is 2.37. The second-order valence-electron chi connectivity index (χ2n) is 7.25. The molecule has 1 aromatic heterocycles. The van der Waals surface area contributed by atoms with Crippen molar-refractivity contribution in [1.29, 1.82) is 0 Å². The molecule has 0 bridgehead atoms. The fourth-order valence-corrected chi connectivity index (χ4v) is 4.18. The van der Waals surface area contributed by atoms with Crippen molar-refractivity contribution in [1.82, 2.24) is 20.5 Å². The number of aromatic nitrogens is 1. The molecule has 2 fully saturated rings. The predicted octanol–water partition coefficient (Wildman–Crippen LogP) is 1.57. The van der Waals surface area contributed by atoms with E-state index >= 15 is 0 Å². The lowest BCUT2D eigenvalue weighted by molar-refractivity contribution is -0.122. The van der Waals surface area contributed by atoms with Crippen LogP contribution in [0.1, 0.15) is 44.7 Å². The molecule has 1 aliphatic heterocycles. The van der Waals surface area contributed by atoms with Crippen LogP contribution in [0.3, 0.4) is 0 Å². The lowest BCUT2D eigenvalue weighted by atomic mass is 10.1. The lowest BCUT2D eigenvalue weighted by Gasteiger charge is -2.30. The molecule has 2 atom stereocenters. The van der Waals surface area contributed by atoms with Gasteiger partial charge in [-0.05, 0) is 31.6 Å². The highest BCUT2D eigenvalue weighted by Crippen LogP contribution is 2.35. The molecule has 2 aliphatic rings. The van der Waals surface area contributed by atoms with Crippen molar-refractivity contribution < 1.29 is 9.59 Å². The number of likely N-dealkylation sites (tertiary alicyclic amines) is 1. The minimum atomic E-state index is 0.0228. The van der Waals surface area contributed by atoms with Crippen molar-refractivity contribution in [3.8, 4) is 0 Å². The summed E-state index contributed by atoms with van der Waals surface area (Å²) >= 11 is 1.58. The molecule has 2 N–H and O–H groups in total. The molecule has 2 amide bonds. The Morgan fingerprint density at radius 3 is 2.72 bits per heavy atom. The molecule has 1 aromatic rings. The highest BCUT2D eigenvalue weighted by atomic mass is 32.1. The Morgan fingerprint density at radius 1 is 1.24 bits per heavy atom. The third-order valence-electron chi connectivity index (χ3n) is 5.13. The number of amides is 2. The van der Waals surface area contributed by atoms with Gasteiger partial charge >= 0.3 is 0 Å². The van der Waals surface area contributed by atoms with Gasteiger partial charge in [-0.15, -0.1) is 11.3 Å². The van der Waals surface area contributed by atoms with Crippen LogP contribution in [0.25, 0.3) is 0 Å². The van der Waals surface area contributed by atoms with Gasteiger partial charge in [0.2, 0.25) is 11.8 Å². The molecule has 6 nitrogen and oxygen atoms in total. The summed E-state index contributed by atoms with van der Waals surface area (Å²) in [5.41, 5.74) is 2.86. The normalized spacial score (nSPS) is 23.6. The van der Waals surface area contributed by atoms with Gasteiger partial charge in [-0.1, -0.05) is 0 Å². The first kappa shape index (κ1) is 18.3. The molecular formula is C18H28N4O2S. The molecule has 3 rings (SSSR count). The Hall–Kier alpha value is -1.47. The Labute approximate surface area is 153 Å². The zero-order valence-electron chi connectivity index (χ0n) is 14.9. The molecule has 1 saturated heterocycles. The van der Waals surface area contributed by atoms with Crippen molar-refractivity contribution in [2.45, 2.75) is 57.5 Å². The van der Waals surface area contributed by atoms with Crippen LogP contribution < -0.4 is 10.6 Å². The van der Waals surface area contributed by atoms with Crippen LogP contribution in [0.2, 0.25) is 0 Å². The summed E-state index contributed by atoms with van der Waals surface area (Å²) in [6, 6.07) is 0.677. The summed E-state index contributed by atoms with van der Waals surface area (Å²) in [5, 5.41) is 8.00. The average Bonchev–Trinajstić information content (AvgIpc) is 3.09. The number of hydrogen-bond acceptors (Lipinski definition) is 5. The quantitative estimate of drug-likeness (QED) is 0.698. The van der Waals surface area contributed by atoms with Crippen molar-refractivity contribution in [3.63, 3.8) is 0 Å². The molecule has 0 radical (unpaired) electrons. The van der Waals surface area contributed by atoms with Gasteiger partial charge in [0.05, 0.1) is 11.2 Å². The topological polar surface area (TPSA) is 74.3 Å². The van der Waals surface area contributed by atoms with Crippen LogP contribution in [-0.4, -0.2) is 53.4 Å². The van der Waals surface area contributed by atoms with Crippen LogP contribution in [0.5, 0.6) is 0 Å². The summed E-state index contributed by atoms with van der Waals surface area (Å²) in [4.78, 5) is 30.3. The summed E-state index contributed by atoms with van der Waals surface area (Å²) < 4.78 is 0. The van der Waals surface area contributed by atoms with Gasteiger partial charge in [0.25, 0.3) is 0 Å². The van der Waals surface area contributed by atoms with Crippen LogP contribution in [0, 0.1) is 5.92 Å². The molecule has 1 aliphatic carbocycles. The number of nitrogens with one attached hydrogen (secondary N) is 2. The third-order valence-corrected chi connectivity index (χ3v) is 5.77. The minimum absolute atomic E-state index is 0.0228. The molecule has 1 saturated carbocycles. The number of hydrogen-bond donors (Lipinski definition) is 2. The SMILES string of the molecule is CC(=O)NC[C@H]1CC[C@@H](CC(=O)NCCc2cscn2)N1CC1CC1. The fourth-order valence-electron chi connectivity index (χ4n) is 3.59. The van der Waals surface area contributed by atoms with E-state index in [9.17, 15) is 9.59 Å². The fraction of sp³-hybridized carbons (Fsp3) is 0.722. The molecule has 138 valence electrons.